The van der Waals surface area contributed by atoms with Gasteiger partial charge in [-0.15, -0.1) is 0 Å². The summed E-state index contributed by atoms with van der Waals surface area (Å²) >= 11 is 6.49. The smallest absolute Gasteiger partial charge is 0.255 e. The predicted molar refractivity (Wildman–Crippen MR) is 107 cm³/mol. The molecule has 1 aliphatic heterocycles. The summed E-state index contributed by atoms with van der Waals surface area (Å²) in [7, 11) is 2.12. The van der Waals surface area contributed by atoms with E-state index in [1.165, 1.54) is 5.56 Å². The molecular formula is C21H20ClN3O. The molecule has 0 unspecified atom stereocenters. The Labute approximate surface area is 157 Å². The standard InChI is InChI=1S/C21H20ClN3O/c1-23-12-13-25(19-7-3-2-6-18(19)22)20-14-17(10-9-16(20)15-23)24-11-5-4-8-21(24)26/h2-11,14H,12-13,15H2,1H3. The van der Waals surface area contributed by atoms with Gasteiger partial charge in [0.1, 0.15) is 0 Å². The first kappa shape index (κ1) is 16.9. The molecule has 0 amide bonds. The minimum absolute atomic E-state index is 0.0394. The van der Waals surface area contributed by atoms with Crippen molar-refractivity contribution in [3.8, 4) is 5.69 Å². The zero-order chi connectivity index (χ0) is 18.1. The van der Waals surface area contributed by atoms with Crippen molar-refractivity contribution >= 4 is 23.0 Å². The van der Waals surface area contributed by atoms with Gasteiger partial charge in [-0.25, -0.2) is 0 Å². The van der Waals surface area contributed by atoms with Gasteiger partial charge in [0.05, 0.1) is 16.4 Å². The number of likely N-dealkylation sites (N-methyl/N-ethyl adjacent to an activating group) is 1. The SMILES string of the molecule is CN1CCN(c2ccccc2Cl)c2cc(-n3ccccc3=O)ccc2C1. The van der Waals surface area contributed by atoms with Gasteiger partial charge >= 0.3 is 0 Å². The van der Waals surface area contributed by atoms with Crippen LogP contribution in [0.3, 0.4) is 0 Å². The minimum Gasteiger partial charge on any atom is -0.339 e. The van der Waals surface area contributed by atoms with Gasteiger partial charge in [0.25, 0.3) is 5.56 Å². The van der Waals surface area contributed by atoms with Crippen LogP contribution in [0.1, 0.15) is 5.56 Å². The number of nitrogens with zero attached hydrogens (tertiary/aromatic N) is 3. The highest BCUT2D eigenvalue weighted by atomic mass is 35.5. The summed E-state index contributed by atoms with van der Waals surface area (Å²) in [4.78, 5) is 16.8. The van der Waals surface area contributed by atoms with Crippen molar-refractivity contribution in [2.45, 2.75) is 6.54 Å². The van der Waals surface area contributed by atoms with Crippen molar-refractivity contribution < 1.29 is 0 Å². The first-order valence-corrected chi connectivity index (χ1v) is 9.03. The lowest BCUT2D eigenvalue weighted by atomic mass is 10.1. The predicted octanol–water partition coefficient (Wildman–Crippen LogP) is 4.07. The highest BCUT2D eigenvalue weighted by Crippen LogP contribution is 2.36. The average molecular weight is 366 g/mol. The van der Waals surface area contributed by atoms with Crippen LogP contribution < -0.4 is 10.5 Å². The first-order valence-electron chi connectivity index (χ1n) is 8.65. The molecule has 2 aromatic carbocycles. The molecule has 3 aromatic rings. The summed E-state index contributed by atoms with van der Waals surface area (Å²) in [6.45, 7) is 2.63. The number of rotatable bonds is 2. The summed E-state index contributed by atoms with van der Waals surface area (Å²) in [6.07, 6.45) is 1.80. The van der Waals surface area contributed by atoms with Crippen molar-refractivity contribution in [3.05, 3.63) is 87.8 Å². The van der Waals surface area contributed by atoms with Crippen LogP contribution in [-0.4, -0.2) is 29.6 Å². The molecule has 132 valence electrons. The van der Waals surface area contributed by atoms with E-state index in [9.17, 15) is 4.79 Å². The maximum atomic E-state index is 12.2. The van der Waals surface area contributed by atoms with Crippen molar-refractivity contribution in [1.82, 2.24) is 9.47 Å². The second-order valence-corrected chi connectivity index (χ2v) is 6.97. The first-order chi connectivity index (χ1) is 12.6. The van der Waals surface area contributed by atoms with Crippen LogP contribution in [0.15, 0.2) is 71.7 Å². The Kier molecular flexibility index (Phi) is 4.53. The van der Waals surface area contributed by atoms with Gasteiger partial charge in [-0.3, -0.25) is 9.36 Å². The van der Waals surface area contributed by atoms with E-state index in [4.69, 9.17) is 11.6 Å². The molecule has 0 radical (unpaired) electrons. The van der Waals surface area contributed by atoms with E-state index < -0.39 is 0 Å². The van der Waals surface area contributed by atoms with E-state index in [-0.39, 0.29) is 5.56 Å². The van der Waals surface area contributed by atoms with E-state index in [0.29, 0.717) is 0 Å². The summed E-state index contributed by atoms with van der Waals surface area (Å²) < 4.78 is 1.67. The Morgan fingerprint density at radius 2 is 1.73 bits per heavy atom. The maximum Gasteiger partial charge on any atom is 0.255 e. The number of benzene rings is 2. The Morgan fingerprint density at radius 3 is 2.54 bits per heavy atom. The van der Waals surface area contributed by atoms with Crippen LogP contribution in [0, 0.1) is 0 Å². The summed E-state index contributed by atoms with van der Waals surface area (Å²) in [5.41, 5.74) is 4.12. The summed E-state index contributed by atoms with van der Waals surface area (Å²) in [5, 5.41) is 0.727. The average Bonchev–Trinajstić information content (AvgIpc) is 2.80. The number of para-hydroxylation sites is 1. The molecule has 4 nitrogen and oxygen atoms in total. The largest absolute Gasteiger partial charge is 0.339 e. The molecule has 5 heteroatoms. The number of hydrogen-bond acceptors (Lipinski definition) is 3. The van der Waals surface area contributed by atoms with Crippen LogP contribution in [0.4, 0.5) is 11.4 Å². The molecule has 0 bridgehead atoms. The fraction of sp³-hybridized carbons (Fsp3) is 0.190. The number of pyridine rings is 1. The molecule has 0 N–H and O–H groups in total. The second-order valence-electron chi connectivity index (χ2n) is 6.56. The maximum absolute atomic E-state index is 12.2. The molecule has 0 atom stereocenters. The number of aromatic nitrogens is 1. The molecule has 0 saturated heterocycles. The Hall–Kier alpha value is -2.56. The van der Waals surface area contributed by atoms with Crippen LogP contribution in [0.2, 0.25) is 5.02 Å². The molecule has 0 spiro atoms. The van der Waals surface area contributed by atoms with Gasteiger partial charge < -0.3 is 9.80 Å². The van der Waals surface area contributed by atoms with Gasteiger partial charge in [-0.05, 0) is 42.9 Å². The van der Waals surface area contributed by atoms with E-state index in [1.807, 2.05) is 36.4 Å². The second kappa shape index (κ2) is 6.98. The van der Waals surface area contributed by atoms with Gasteiger partial charge in [-0.1, -0.05) is 35.9 Å². The quantitative estimate of drug-likeness (QED) is 0.685. The third-order valence-corrected chi connectivity index (χ3v) is 5.07. The topological polar surface area (TPSA) is 28.5 Å². The van der Waals surface area contributed by atoms with Crippen molar-refractivity contribution in [2.24, 2.45) is 0 Å². The fourth-order valence-electron chi connectivity index (χ4n) is 3.41. The van der Waals surface area contributed by atoms with Gasteiger partial charge in [0, 0.05) is 37.6 Å². The molecule has 26 heavy (non-hydrogen) atoms. The van der Waals surface area contributed by atoms with Crippen LogP contribution in [-0.2, 0) is 6.54 Å². The highest BCUT2D eigenvalue weighted by Gasteiger charge is 2.21. The van der Waals surface area contributed by atoms with E-state index in [1.54, 1.807) is 22.9 Å². The zero-order valence-electron chi connectivity index (χ0n) is 14.6. The third kappa shape index (κ3) is 3.14. The monoisotopic (exact) mass is 365 g/mol. The Morgan fingerprint density at radius 1 is 0.923 bits per heavy atom. The van der Waals surface area contributed by atoms with Crippen molar-refractivity contribution in [3.63, 3.8) is 0 Å². The lowest BCUT2D eigenvalue weighted by Crippen LogP contribution is -2.26. The lowest BCUT2D eigenvalue weighted by Gasteiger charge is -2.26. The van der Waals surface area contributed by atoms with Gasteiger partial charge in [-0.2, -0.15) is 0 Å². The normalized spacial score (nSPS) is 14.8. The fourth-order valence-corrected chi connectivity index (χ4v) is 3.65. The van der Waals surface area contributed by atoms with Crippen LogP contribution in [0.5, 0.6) is 0 Å². The van der Waals surface area contributed by atoms with E-state index in [0.717, 1.165) is 41.7 Å². The third-order valence-electron chi connectivity index (χ3n) is 4.75. The number of hydrogen-bond donors (Lipinski definition) is 0. The van der Waals surface area contributed by atoms with Crippen LogP contribution >= 0.6 is 11.6 Å². The Balaban J connectivity index is 1.88. The molecule has 0 fully saturated rings. The molecule has 2 heterocycles. The highest BCUT2D eigenvalue weighted by molar-refractivity contribution is 6.33. The van der Waals surface area contributed by atoms with E-state index in [2.05, 4.69) is 29.0 Å². The lowest BCUT2D eigenvalue weighted by molar-refractivity contribution is 0.343. The summed E-state index contributed by atoms with van der Waals surface area (Å²) in [6, 6.07) is 19.3. The molecule has 0 aliphatic carbocycles. The van der Waals surface area contributed by atoms with Crippen molar-refractivity contribution in [2.75, 3.05) is 25.0 Å². The number of anilines is 2. The van der Waals surface area contributed by atoms with Gasteiger partial charge in [0.15, 0.2) is 0 Å². The number of halogens is 1. The molecule has 4 rings (SSSR count). The zero-order valence-corrected chi connectivity index (χ0v) is 15.4. The Bertz CT molecular complexity index is 998. The molecule has 1 aromatic heterocycles. The van der Waals surface area contributed by atoms with Gasteiger partial charge in [0.2, 0.25) is 0 Å². The van der Waals surface area contributed by atoms with E-state index >= 15 is 0 Å². The van der Waals surface area contributed by atoms with Crippen LogP contribution in [0.25, 0.3) is 5.69 Å². The van der Waals surface area contributed by atoms with Crippen molar-refractivity contribution in [1.29, 1.82) is 0 Å². The number of fused-ring (bicyclic) bond motifs is 1. The molecule has 1 aliphatic rings. The molecule has 0 saturated carbocycles. The summed E-state index contributed by atoms with van der Waals surface area (Å²) in [5.74, 6) is 0. The molecular weight excluding hydrogens is 346 g/mol. The minimum atomic E-state index is -0.0394.